The second kappa shape index (κ2) is 6.98. The smallest absolute Gasteiger partial charge is 0.274 e. The van der Waals surface area contributed by atoms with Gasteiger partial charge >= 0.3 is 0 Å². The standard InChI is InChI=1S/C16H16N4O4S/c1-10-4-5-11(7-13(10)20(23)24)17-14(21)8-12-9-25-16(18-12)19-6-2-3-15(19)22/h4-5,7,9H,2-3,6,8H2,1H3,(H,17,21). The van der Waals surface area contributed by atoms with Crippen LogP contribution < -0.4 is 10.2 Å². The Hall–Kier alpha value is -2.81. The molecule has 0 unspecified atom stereocenters. The van der Waals surface area contributed by atoms with Crippen LogP contribution in [0.3, 0.4) is 0 Å². The number of aromatic nitrogens is 1. The van der Waals surface area contributed by atoms with E-state index in [4.69, 9.17) is 0 Å². The van der Waals surface area contributed by atoms with Crippen LogP contribution >= 0.6 is 11.3 Å². The Morgan fingerprint density at radius 1 is 1.48 bits per heavy atom. The summed E-state index contributed by atoms with van der Waals surface area (Å²) in [6.07, 6.45) is 1.39. The normalized spacial score (nSPS) is 14.0. The van der Waals surface area contributed by atoms with E-state index in [-0.39, 0.29) is 23.9 Å². The van der Waals surface area contributed by atoms with E-state index in [1.54, 1.807) is 29.3 Å². The van der Waals surface area contributed by atoms with Gasteiger partial charge in [0.05, 0.1) is 17.0 Å². The Labute approximate surface area is 147 Å². The van der Waals surface area contributed by atoms with Crippen molar-refractivity contribution in [2.75, 3.05) is 16.8 Å². The van der Waals surface area contributed by atoms with E-state index in [9.17, 15) is 19.7 Å². The van der Waals surface area contributed by atoms with Gasteiger partial charge in [0.15, 0.2) is 5.13 Å². The number of nitro groups is 1. The molecule has 25 heavy (non-hydrogen) atoms. The van der Waals surface area contributed by atoms with Crippen molar-refractivity contribution >= 4 is 39.7 Å². The number of anilines is 2. The minimum absolute atomic E-state index is 0.0405. The molecule has 9 heteroatoms. The average Bonchev–Trinajstić information content (AvgIpc) is 3.17. The molecule has 2 amide bonds. The van der Waals surface area contributed by atoms with Gasteiger partial charge in [-0.2, -0.15) is 0 Å². The number of nitro benzene ring substituents is 1. The molecule has 130 valence electrons. The highest BCUT2D eigenvalue weighted by Gasteiger charge is 2.24. The highest BCUT2D eigenvalue weighted by molar-refractivity contribution is 7.14. The number of amides is 2. The number of nitrogens with zero attached hydrogens (tertiary/aromatic N) is 3. The van der Waals surface area contributed by atoms with E-state index < -0.39 is 4.92 Å². The lowest BCUT2D eigenvalue weighted by atomic mass is 10.2. The van der Waals surface area contributed by atoms with Crippen molar-refractivity contribution in [1.82, 2.24) is 4.98 Å². The van der Waals surface area contributed by atoms with Crippen molar-refractivity contribution < 1.29 is 14.5 Å². The summed E-state index contributed by atoms with van der Waals surface area (Å²) in [6.45, 7) is 2.30. The highest BCUT2D eigenvalue weighted by atomic mass is 32.1. The van der Waals surface area contributed by atoms with Crippen LogP contribution in [0.2, 0.25) is 0 Å². The van der Waals surface area contributed by atoms with E-state index >= 15 is 0 Å². The molecular weight excluding hydrogens is 344 g/mol. The molecule has 1 aromatic carbocycles. The van der Waals surface area contributed by atoms with Crippen LogP contribution in [-0.2, 0) is 16.0 Å². The maximum atomic E-state index is 12.1. The zero-order valence-corrected chi connectivity index (χ0v) is 14.3. The second-order valence-corrected chi connectivity index (χ2v) is 6.59. The Morgan fingerprint density at radius 2 is 2.28 bits per heavy atom. The predicted molar refractivity (Wildman–Crippen MR) is 93.9 cm³/mol. The summed E-state index contributed by atoms with van der Waals surface area (Å²) in [5.74, 6) is -0.264. The molecular formula is C16H16N4O4S. The van der Waals surface area contributed by atoms with Crippen LogP contribution in [0, 0.1) is 17.0 Å². The van der Waals surface area contributed by atoms with Gasteiger partial charge in [0.25, 0.3) is 5.69 Å². The molecule has 2 heterocycles. The molecule has 1 aliphatic heterocycles. The van der Waals surface area contributed by atoms with Crippen molar-refractivity contribution in [2.45, 2.75) is 26.2 Å². The van der Waals surface area contributed by atoms with Gasteiger partial charge in [-0.1, -0.05) is 6.07 Å². The maximum absolute atomic E-state index is 12.1. The highest BCUT2D eigenvalue weighted by Crippen LogP contribution is 2.26. The first-order chi connectivity index (χ1) is 11.9. The zero-order valence-electron chi connectivity index (χ0n) is 13.5. The van der Waals surface area contributed by atoms with Gasteiger partial charge in [-0.05, 0) is 19.4 Å². The Bertz CT molecular complexity index is 848. The van der Waals surface area contributed by atoms with Gasteiger partial charge in [-0.15, -0.1) is 11.3 Å². The number of carbonyl (C=O) groups is 2. The summed E-state index contributed by atoms with van der Waals surface area (Å²) in [5.41, 5.74) is 1.43. The largest absolute Gasteiger partial charge is 0.325 e. The zero-order chi connectivity index (χ0) is 18.0. The molecule has 0 radical (unpaired) electrons. The summed E-state index contributed by atoms with van der Waals surface area (Å²) < 4.78 is 0. The molecule has 0 atom stereocenters. The lowest BCUT2D eigenvalue weighted by Crippen LogP contribution is -2.23. The summed E-state index contributed by atoms with van der Waals surface area (Å²) in [7, 11) is 0. The average molecular weight is 360 g/mol. The first kappa shape index (κ1) is 17.0. The third kappa shape index (κ3) is 3.82. The third-order valence-electron chi connectivity index (χ3n) is 3.88. The van der Waals surface area contributed by atoms with Crippen molar-refractivity contribution in [3.63, 3.8) is 0 Å². The SMILES string of the molecule is Cc1ccc(NC(=O)Cc2csc(N3CCCC3=O)n2)cc1[N+](=O)[O-]. The fourth-order valence-electron chi connectivity index (χ4n) is 2.61. The summed E-state index contributed by atoms with van der Waals surface area (Å²) >= 11 is 1.33. The number of nitrogens with one attached hydrogen (secondary N) is 1. The van der Waals surface area contributed by atoms with E-state index in [1.807, 2.05) is 0 Å². The molecule has 0 bridgehead atoms. The van der Waals surface area contributed by atoms with E-state index in [0.717, 1.165) is 6.42 Å². The molecule has 0 saturated carbocycles. The van der Waals surface area contributed by atoms with Gasteiger partial charge in [0.1, 0.15) is 0 Å². The summed E-state index contributed by atoms with van der Waals surface area (Å²) in [5, 5.41) is 16.0. The molecule has 0 aliphatic carbocycles. The lowest BCUT2D eigenvalue weighted by Gasteiger charge is -2.10. The number of aryl methyl sites for hydroxylation is 1. The molecule has 1 aromatic heterocycles. The summed E-state index contributed by atoms with van der Waals surface area (Å²) in [6, 6.07) is 4.55. The Kier molecular flexibility index (Phi) is 4.75. The summed E-state index contributed by atoms with van der Waals surface area (Å²) in [4.78, 5) is 40.3. The quantitative estimate of drug-likeness (QED) is 0.652. The Balaban J connectivity index is 1.65. The fourth-order valence-corrected chi connectivity index (χ4v) is 3.47. The van der Waals surface area contributed by atoms with E-state index in [2.05, 4.69) is 10.3 Å². The second-order valence-electron chi connectivity index (χ2n) is 5.75. The van der Waals surface area contributed by atoms with Crippen LogP contribution in [0.1, 0.15) is 24.1 Å². The third-order valence-corrected chi connectivity index (χ3v) is 4.79. The number of rotatable bonds is 5. The van der Waals surface area contributed by atoms with Crippen LogP contribution in [0.15, 0.2) is 23.6 Å². The van der Waals surface area contributed by atoms with Crippen LogP contribution in [0.5, 0.6) is 0 Å². The molecule has 8 nitrogen and oxygen atoms in total. The van der Waals surface area contributed by atoms with Crippen LogP contribution in [-0.4, -0.2) is 28.3 Å². The van der Waals surface area contributed by atoms with Crippen molar-refractivity contribution in [2.24, 2.45) is 0 Å². The lowest BCUT2D eigenvalue weighted by molar-refractivity contribution is -0.385. The minimum Gasteiger partial charge on any atom is -0.325 e. The van der Waals surface area contributed by atoms with Gasteiger partial charge in [0, 0.05) is 35.7 Å². The molecule has 0 spiro atoms. The molecule has 1 fully saturated rings. The van der Waals surface area contributed by atoms with Crippen molar-refractivity contribution in [3.05, 3.63) is 45.0 Å². The molecule has 1 aliphatic rings. The molecule has 3 rings (SSSR count). The van der Waals surface area contributed by atoms with Crippen molar-refractivity contribution in [3.8, 4) is 0 Å². The van der Waals surface area contributed by atoms with E-state index in [0.29, 0.717) is 35.0 Å². The minimum atomic E-state index is -0.481. The number of hydrogen-bond donors (Lipinski definition) is 1. The molecule has 2 aromatic rings. The number of thiazole rings is 1. The monoisotopic (exact) mass is 360 g/mol. The number of benzene rings is 1. The molecule has 1 N–H and O–H groups in total. The fraction of sp³-hybridized carbons (Fsp3) is 0.312. The van der Waals surface area contributed by atoms with Gasteiger partial charge in [-0.3, -0.25) is 24.6 Å². The Morgan fingerprint density at radius 3 is 2.96 bits per heavy atom. The topological polar surface area (TPSA) is 105 Å². The number of hydrogen-bond acceptors (Lipinski definition) is 6. The van der Waals surface area contributed by atoms with Crippen molar-refractivity contribution in [1.29, 1.82) is 0 Å². The van der Waals surface area contributed by atoms with E-state index in [1.165, 1.54) is 17.4 Å². The molecule has 1 saturated heterocycles. The first-order valence-electron chi connectivity index (χ1n) is 7.73. The predicted octanol–water partition coefficient (Wildman–Crippen LogP) is 2.67. The van der Waals surface area contributed by atoms with Gasteiger partial charge in [0.2, 0.25) is 11.8 Å². The maximum Gasteiger partial charge on any atom is 0.274 e. The number of carbonyl (C=O) groups excluding carboxylic acids is 2. The van der Waals surface area contributed by atoms with Crippen LogP contribution in [0.25, 0.3) is 0 Å². The van der Waals surface area contributed by atoms with Crippen LogP contribution in [0.4, 0.5) is 16.5 Å². The van der Waals surface area contributed by atoms with Gasteiger partial charge in [-0.25, -0.2) is 4.98 Å². The van der Waals surface area contributed by atoms with Gasteiger partial charge < -0.3 is 5.32 Å². The first-order valence-corrected chi connectivity index (χ1v) is 8.61.